The number of aliphatic hydroxyl groups excluding tert-OH is 5. The molecule has 0 aromatic heterocycles. The van der Waals surface area contributed by atoms with Crippen LogP contribution in [0.15, 0.2) is 0 Å². The predicted octanol–water partition coefficient (Wildman–Crippen LogP) is -4.13. The van der Waals surface area contributed by atoms with Crippen molar-refractivity contribution >= 4 is 0 Å². The average molecular weight is 384 g/mol. The third kappa shape index (κ3) is 5.30. The first-order valence-electron chi connectivity index (χ1n) is 8.36. The van der Waals surface area contributed by atoms with Crippen LogP contribution in [0, 0.1) is 0 Å². The molecule has 10 unspecified atom stereocenters. The Kier molecular flexibility index (Phi) is 9.79. The van der Waals surface area contributed by atoms with Crippen LogP contribution < -0.4 is 11.5 Å². The van der Waals surface area contributed by atoms with E-state index in [9.17, 15) is 20.4 Å². The molecule has 1 aliphatic heterocycles. The van der Waals surface area contributed by atoms with E-state index in [1.54, 1.807) is 6.92 Å². The van der Waals surface area contributed by atoms with Crippen LogP contribution >= 0.6 is 0 Å². The fourth-order valence-electron chi connectivity index (χ4n) is 2.93. The number of nitrogens with two attached hydrogens (primary N) is 2. The minimum Gasteiger partial charge on any atom is -0.394 e. The maximum absolute atomic E-state index is 10.4. The molecule has 11 nitrogen and oxygen atoms in total. The minimum absolute atomic E-state index is 0.456. The molecule has 0 aromatic carbocycles. The zero-order chi connectivity index (χ0) is 20.0. The Balaban J connectivity index is 2.81. The third-order valence-electron chi connectivity index (χ3n) is 4.62. The Bertz CT molecular complexity index is 403. The fraction of sp³-hybridized carbons (Fsp3) is 1.00. The van der Waals surface area contributed by atoms with Crippen LogP contribution in [0.1, 0.15) is 6.92 Å². The second-order valence-electron chi connectivity index (χ2n) is 6.35. The van der Waals surface area contributed by atoms with Crippen LogP contribution in [0.25, 0.3) is 0 Å². The van der Waals surface area contributed by atoms with Gasteiger partial charge in [0.25, 0.3) is 0 Å². The summed E-state index contributed by atoms with van der Waals surface area (Å²) in [7, 11) is 2.62. The van der Waals surface area contributed by atoms with Gasteiger partial charge in [0.1, 0.15) is 36.6 Å². The number of hydrogen-bond donors (Lipinski definition) is 7. The molecule has 1 fully saturated rings. The van der Waals surface area contributed by atoms with Crippen molar-refractivity contribution in [1.29, 1.82) is 0 Å². The fourth-order valence-corrected chi connectivity index (χ4v) is 2.93. The summed E-state index contributed by atoms with van der Waals surface area (Å²) in [4.78, 5) is 0. The van der Waals surface area contributed by atoms with Crippen molar-refractivity contribution in [2.45, 2.75) is 68.0 Å². The highest BCUT2D eigenvalue weighted by Gasteiger charge is 2.46. The van der Waals surface area contributed by atoms with Gasteiger partial charge in [-0.15, -0.1) is 0 Å². The van der Waals surface area contributed by atoms with Crippen LogP contribution in [0.5, 0.6) is 0 Å². The first kappa shape index (κ1) is 23.6. The van der Waals surface area contributed by atoms with Crippen molar-refractivity contribution in [2.75, 3.05) is 27.4 Å². The van der Waals surface area contributed by atoms with E-state index in [1.807, 2.05) is 0 Å². The van der Waals surface area contributed by atoms with E-state index in [1.165, 1.54) is 14.2 Å². The van der Waals surface area contributed by atoms with Crippen LogP contribution in [0.2, 0.25) is 0 Å². The van der Waals surface area contributed by atoms with Crippen molar-refractivity contribution < 1.29 is 44.5 Å². The topological polar surface area (TPSA) is 190 Å². The first-order valence-corrected chi connectivity index (χ1v) is 8.36. The quantitative estimate of drug-likeness (QED) is 0.194. The third-order valence-corrected chi connectivity index (χ3v) is 4.62. The number of aliphatic hydroxyl groups is 5. The van der Waals surface area contributed by atoms with E-state index in [-0.39, 0.29) is 0 Å². The zero-order valence-corrected chi connectivity index (χ0v) is 15.2. The van der Waals surface area contributed by atoms with Crippen LogP contribution in [-0.4, -0.2) is 114 Å². The van der Waals surface area contributed by atoms with Gasteiger partial charge in [0, 0.05) is 14.2 Å². The lowest BCUT2D eigenvalue weighted by Gasteiger charge is -2.44. The van der Waals surface area contributed by atoms with Crippen LogP contribution in [-0.2, 0) is 18.9 Å². The Morgan fingerprint density at radius 1 is 1.19 bits per heavy atom. The molecule has 0 spiro atoms. The second-order valence-corrected chi connectivity index (χ2v) is 6.35. The van der Waals surface area contributed by atoms with Gasteiger partial charge in [-0.2, -0.15) is 0 Å². The van der Waals surface area contributed by atoms with Gasteiger partial charge < -0.3 is 55.9 Å². The summed E-state index contributed by atoms with van der Waals surface area (Å²) >= 11 is 0. The molecule has 156 valence electrons. The van der Waals surface area contributed by atoms with Gasteiger partial charge in [-0.05, 0) is 6.92 Å². The first-order chi connectivity index (χ1) is 12.2. The van der Waals surface area contributed by atoms with E-state index < -0.39 is 74.3 Å². The van der Waals surface area contributed by atoms with Gasteiger partial charge in [-0.25, -0.2) is 0 Å². The van der Waals surface area contributed by atoms with E-state index in [4.69, 9.17) is 35.5 Å². The van der Waals surface area contributed by atoms with E-state index in [0.717, 1.165) is 0 Å². The Labute approximate surface area is 152 Å². The van der Waals surface area contributed by atoms with Crippen LogP contribution in [0.3, 0.4) is 0 Å². The molecule has 0 aliphatic carbocycles. The molecule has 1 heterocycles. The molecule has 0 bridgehead atoms. The van der Waals surface area contributed by atoms with Gasteiger partial charge >= 0.3 is 0 Å². The molecule has 1 rings (SSSR count). The highest BCUT2D eigenvalue weighted by atomic mass is 16.7. The molecule has 0 saturated carbocycles. The lowest BCUT2D eigenvalue weighted by molar-refractivity contribution is -0.275. The van der Waals surface area contributed by atoms with Crippen molar-refractivity contribution in [2.24, 2.45) is 11.5 Å². The van der Waals surface area contributed by atoms with E-state index in [2.05, 4.69) is 0 Å². The maximum atomic E-state index is 10.4. The van der Waals surface area contributed by atoms with Crippen molar-refractivity contribution in [3.05, 3.63) is 0 Å². The van der Waals surface area contributed by atoms with Gasteiger partial charge in [-0.1, -0.05) is 0 Å². The largest absolute Gasteiger partial charge is 0.394 e. The molecule has 9 N–H and O–H groups in total. The molecular formula is C15H32N2O9. The van der Waals surface area contributed by atoms with E-state index >= 15 is 0 Å². The smallest absolute Gasteiger partial charge is 0.175 e. The zero-order valence-electron chi connectivity index (χ0n) is 15.2. The van der Waals surface area contributed by atoms with Gasteiger partial charge in [0.2, 0.25) is 0 Å². The molecule has 1 saturated heterocycles. The Hall–Kier alpha value is -0.440. The predicted molar refractivity (Wildman–Crippen MR) is 88.9 cm³/mol. The standard InChI is InChI=1S/C15H32N2O9/c1-6(9(16)11(21)13(23-2)7(20)4-18)25-14-8(5-19)26-15(24-3)10(17)12(14)22/h6-15,18-22H,4-5,16-17H2,1-3H3. The number of ether oxygens (including phenoxy) is 4. The SMILES string of the molecule is COC1OC(CO)C(OC(C)C(N)C(O)C(OC)C(O)CO)C(O)C1N. The lowest BCUT2D eigenvalue weighted by atomic mass is 9.95. The number of methoxy groups -OCH3 is 2. The number of rotatable bonds is 10. The van der Waals surface area contributed by atoms with Gasteiger partial charge in [0.05, 0.1) is 31.4 Å². The van der Waals surface area contributed by atoms with Crippen LogP contribution in [0.4, 0.5) is 0 Å². The van der Waals surface area contributed by atoms with Gasteiger partial charge in [-0.3, -0.25) is 0 Å². The minimum atomic E-state index is -1.37. The molecule has 11 heteroatoms. The Morgan fingerprint density at radius 2 is 1.81 bits per heavy atom. The summed E-state index contributed by atoms with van der Waals surface area (Å²) in [5.74, 6) is 0. The maximum Gasteiger partial charge on any atom is 0.175 e. The summed E-state index contributed by atoms with van der Waals surface area (Å²) in [5, 5.41) is 48.9. The average Bonchev–Trinajstić information content (AvgIpc) is 2.65. The van der Waals surface area contributed by atoms with Crippen molar-refractivity contribution in [1.82, 2.24) is 0 Å². The summed E-state index contributed by atoms with van der Waals surface area (Å²) in [6.45, 7) is 0.469. The molecule has 26 heavy (non-hydrogen) atoms. The van der Waals surface area contributed by atoms with Crippen molar-refractivity contribution in [3.63, 3.8) is 0 Å². The van der Waals surface area contributed by atoms with E-state index in [0.29, 0.717) is 0 Å². The molecule has 1 aliphatic rings. The molecule has 0 radical (unpaired) electrons. The molecule has 10 atom stereocenters. The van der Waals surface area contributed by atoms with Crippen molar-refractivity contribution in [3.8, 4) is 0 Å². The normalized spacial score (nSPS) is 35.5. The molecular weight excluding hydrogens is 352 g/mol. The number of hydrogen-bond acceptors (Lipinski definition) is 11. The molecule has 0 aromatic rings. The second kappa shape index (κ2) is 10.8. The monoisotopic (exact) mass is 384 g/mol. The lowest BCUT2D eigenvalue weighted by Crippen LogP contribution is -2.64. The Morgan fingerprint density at radius 3 is 2.27 bits per heavy atom. The highest BCUT2D eigenvalue weighted by Crippen LogP contribution is 2.25. The van der Waals surface area contributed by atoms with Gasteiger partial charge in [0.15, 0.2) is 6.29 Å². The summed E-state index contributed by atoms with van der Waals surface area (Å²) < 4.78 is 21.2. The summed E-state index contributed by atoms with van der Waals surface area (Å²) in [6.07, 6.45) is -8.72. The summed E-state index contributed by atoms with van der Waals surface area (Å²) in [6, 6.07) is -1.95. The summed E-state index contributed by atoms with van der Waals surface area (Å²) in [5.41, 5.74) is 11.8. The molecule has 0 amide bonds. The highest BCUT2D eigenvalue weighted by molar-refractivity contribution is 4.95.